The van der Waals surface area contributed by atoms with Crippen molar-refractivity contribution in [2.45, 2.75) is 25.8 Å². The summed E-state index contributed by atoms with van der Waals surface area (Å²) in [5.41, 5.74) is 2.46. The SMILES string of the molecule is CCCNC(Cc1ccc(Cl)cc1)c1cncc(Br)c1. The van der Waals surface area contributed by atoms with Crippen molar-refractivity contribution in [1.29, 1.82) is 0 Å². The molecule has 0 bridgehead atoms. The highest BCUT2D eigenvalue weighted by Crippen LogP contribution is 2.21. The second-order valence-electron chi connectivity index (χ2n) is 4.77. The van der Waals surface area contributed by atoms with Crippen molar-refractivity contribution < 1.29 is 0 Å². The monoisotopic (exact) mass is 352 g/mol. The Kier molecular flexibility index (Phi) is 6.02. The van der Waals surface area contributed by atoms with Crippen molar-refractivity contribution in [3.05, 3.63) is 63.3 Å². The highest BCUT2D eigenvalue weighted by molar-refractivity contribution is 9.10. The van der Waals surface area contributed by atoms with Gasteiger partial charge >= 0.3 is 0 Å². The molecule has 1 atom stereocenters. The van der Waals surface area contributed by atoms with E-state index in [-0.39, 0.29) is 6.04 Å². The zero-order valence-corrected chi connectivity index (χ0v) is 13.8. The summed E-state index contributed by atoms with van der Waals surface area (Å²) in [7, 11) is 0. The quantitative estimate of drug-likeness (QED) is 0.808. The number of hydrogen-bond acceptors (Lipinski definition) is 2. The van der Waals surface area contributed by atoms with Gasteiger partial charge in [0.2, 0.25) is 0 Å². The molecule has 4 heteroatoms. The zero-order chi connectivity index (χ0) is 14.4. The van der Waals surface area contributed by atoms with Crippen LogP contribution < -0.4 is 5.32 Å². The molecule has 1 aromatic carbocycles. The molecule has 106 valence electrons. The van der Waals surface area contributed by atoms with Crippen molar-refractivity contribution in [2.75, 3.05) is 6.54 Å². The van der Waals surface area contributed by atoms with E-state index < -0.39 is 0 Å². The third kappa shape index (κ3) is 4.58. The van der Waals surface area contributed by atoms with Crippen LogP contribution in [0.15, 0.2) is 47.2 Å². The molecule has 2 aromatic rings. The molecular formula is C16H18BrClN2. The summed E-state index contributed by atoms with van der Waals surface area (Å²) in [6.07, 6.45) is 5.77. The lowest BCUT2D eigenvalue weighted by Gasteiger charge is -2.19. The van der Waals surface area contributed by atoms with Crippen LogP contribution in [0, 0.1) is 0 Å². The highest BCUT2D eigenvalue weighted by atomic mass is 79.9. The third-order valence-corrected chi connectivity index (χ3v) is 3.81. The molecule has 0 aliphatic rings. The normalized spacial score (nSPS) is 12.3. The number of halogens is 2. The second-order valence-corrected chi connectivity index (χ2v) is 6.13. The van der Waals surface area contributed by atoms with Crippen molar-refractivity contribution in [3.63, 3.8) is 0 Å². The Morgan fingerprint density at radius 3 is 2.65 bits per heavy atom. The second kappa shape index (κ2) is 7.77. The first-order chi connectivity index (χ1) is 9.69. The van der Waals surface area contributed by atoms with E-state index in [0.717, 1.165) is 28.9 Å². The minimum atomic E-state index is 0.265. The molecule has 1 heterocycles. The van der Waals surface area contributed by atoms with Crippen LogP contribution in [0.3, 0.4) is 0 Å². The molecule has 1 N–H and O–H groups in total. The fourth-order valence-corrected chi connectivity index (χ4v) is 2.61. The lowest BCUT2D eigenvalue weighted by molar-refractivity contribution is 0.527. The van der Waals surface area contributed by atoms with Crippen LogP contribution in [0.5, 0.6) is 0 Å². The predicted octanol–water partition coefficient (Wildman–Crippen LogP) is 4.78. The maximum Gasteiger partial charge on any atom is 0.0410 e. The highest BCUT2D eigenvalue weighted by Gasteiger charge is 2.12. The first-order valence-electron chi connectivity index (χ1n) is 6.77. The van der Waals surface area contributed by atoms with Gasteiger partial charge in [0.15, 0.2) is 0 Å². The predicted molar refractivity (Wildman–Crippen MR) is 88.1 cm³/mol. The minimum absolute atomic E-state index is 0.265. The van der Waals surface area contributed by atoms with Gasteiger partial charge in [-0.15, -0.1) is 0 Å². The van der Waals surface area contributed by atoms with Gasteiger partial charge in [0, 0.05) is 27.9 Å². The number of hydrogen-bond donors (Lipinski definition) is 1. The molecule has 2 rings (SSSR count). The molecule has 1 aromatic heterocycles. The Bertz CT molecular complexity index is 542. The Morgan fingerprint density at radius 2 is 2.00 bits per heavy atom. The average molecular weight is 354 g/mol. The molecule has 20 heavy (non-hydrogen) atoms. The first-order valence-corrected chi connectivity index (χ1v) is 7.94. The number of aromatic nitrogens is 1. The van der Waals surface area contributed by atoms with Crippen LogP contribution in [0.4, 0.5) is 0 Å². The summed E-state index contributed by atoms with van der Waals surface area (Å²) in [4.78, 5) is 4.26. The van der Waals surface area contributed by atoms with Gasteiger partial charge in [-0.05, 0) is 64.6 Å². The number of pyridine rings is 1. The summed E-state index contributed by atoms with van der Waals surface area (Å²) in [6, 6.07) is 10.4. The molecule has 0 fully saturated rings. The van der Waals surface area contributed by atoms with E-state index in [0.29, 0.717) is 0 Å². The number of nitrogens with zero attached hydrogens (tertiary/aromatic N) is 1. The van der Waals surface area contributed by atoms with Crippen molar-refractivity contribution in [1.82, 2.24) is 10.3 Å². The molecule has 1 unspecified atom stereocenters. The van der Waals surface area contributed by atoms with E-state index >= 15 is 0 Å². The fraction of sp³-hybridized carbons (Fsp3) is 0.312. The van der Waals surface area contributed by atoms with Crippen LogP contribution in [-0.4, -0.2) is 11.5 Å². The van der Waals surface area contributed by atoms with Crippen LogP contribution in [0.2, 0.25) is 5.02 Å². The van der Waals surface area contributed by atoms with Crippen molar-refractivity contribution >= 4 is 27.5 Å². The number of benzene rings is 1. The van der Waals surface area contributed by atoms with Gasteiger partial charge in [-0.2, -0.15) is 0 Å². The summed E-state index contributed by atoms with van der Waals surface area (Å²) in [6.45, 7) is 3.16. The van der Waals surface area contributed by atoms with Gasteiger partial charge < -0.3 is 5.32 Å². The smallest absolute Gasteiger partial charge is 0.0410 e. The molecule has 0 aliphatic carbocycles. The minimum Gasteiger partial charge on any atom is -0.310 e. The van der Waals surface area contributed by atoms with E-state index in [4.69, 9.17) is 11.6 Å². The van der Waals surface area contributed by atoms with Gasteiger partial charge in [-0.25, -0.2) is 0 Å². The van der Waals surface area contributed by atoms with Crippen LogP contribution in [0.1, 0.15) is 30.5 Å². The lowest BCUT2D eigenvalue weighted by Crippen LogP contribution is -2.24. The summed E-state index contributed by atoms with van der Waals surface area (Å²) in [5.74, 6) is 0. The molecule has 0 spiro atoms. The van der Waals surface area contributed by atoms with E-state index in [1.54, 1.807) is 0 Å². The van der Waals surface area contributed by atoms with Gasteiger partial charge in [-0.1, -0.05) is 30.7 Å². The lowest BCUT2D eigenvalue weighted by atomic mass is 10.00. The molecule has 0 amide bonds. The molecular weight excluding hydrogens is 336 g/mol. The van der Waals surface area contributed by atoms with Crippen LogP contribution in [-0.2, 0) is 6.42 Å². The Labute approximate surface area is 133 Å². The molecule has 0 saturated heterocycles. The van der Waals surface area contributed by atoms with Gasteiger partial charge in [0.05, 0.1) is 0 Å². The maximum atomic E-state index is 5.94. The van der Waals surface area contributed by atoms with Crippen molar-refractivity contribution in [3.8, 4) is 0 Å². The Hall–Kier alpha value is -0.900. The molecule has 2 nitrogen and oxygen atoms in total. The van der Waals surface area contributed by atoms with Gasteiger partial charge in [0.25, 0.3) is 0 Å². The fourth-order valence-electron chi connectivity index (χ4n) is 2.10. The van der Waals surface area contributed by atoms with E-state index in [9.17, 15) is 0 Å². The van der Waals surface area contributed by atoms with E-state index in [1.165, 1.54) is 11.1 Å². The number of nitrogens with one attached hydrogen (secondary N) is 1. The summed E-state index contributed by atoms with van der Waals surface area (Å²) >= 11 is 9.42. The largest absolute Gasteiger partial charge is 0.310 e. The summed E-state index contributed by atoms with van der Waals surface area (Å²) in [5, 5.41) is 4.36. The van der Waals surface area contributed by atoms with Gasteiger partial charge in [0.1, 0.15) is 0 Å². The summed E-state index contributed by atoms with van der Waals surface area (Å²) < 4.78 is 1.01. The topological polar surface area (TPSA) is 24.9 Å². The average Bonchev–Trinajstić information content (AvgIpc) is 2.45. The zero-order valence-electron chi connectivity index (χ0n) is 11.4. The van der Waals surface area contributed by atoms with Crippen LogP contribution in [0.25, 0.3) is 0 Å². The first kappa shape index (κ1) is 15.5. The third-order valence-electron chi connectivity index (χ3n) is 3.12. The van der Waals surface area contributed by atoms with Crippen LogP contribution >= 0.6 is 27.5 Å². The number of rotatable bonds is 6. The van der Waals surface area contributed by atoms with Crippen molar-refractivity contribution in [2.24, 2.45) is 0 Å². The standard InChI is InChI=1S/C16H18BrClN2/c1-2-7-20-16(13-9-14(17)11-19-10-13)8-12-3-5-15(18)6-4-12/h3-6,9-11,16,20H,2,7-8H2,1H3. The molecule has 0 radical (unpaired) electrons. The van der Waals surface area contributed by atoms with E-state index in [1.807, 2.05) is 24.5 Å². The Balaban J connectivity index is 2.16. The maximum absolute atomic E-state index is 5.94. The van der Waals surface area contributed by atoms with Gasteiger partial charge in [-0.3, -0.25) is 4.98 Å². The Morgan fingerprint density at radius 1 is 1.25 bits per heavy atom. The molecule has 0 saturated carbocycles. The van der Waals surface area contributed by atoms with E-state index in [2.05, 4.69) is 51.4 Å². The molecule has 0 aliphatic heterocycles.